The van der Waals surface area contributed by atoms with Crippen LogP contribution in [-0.4, -0.2) is 10.1 Å². The fourth-order valence-electron chi connectivity index (χ4n) is 0.960. The lowest BCUT2D eigenvalue weighted by Gasteiger charge is -2.05. The predicted molar refractivity (Wildman–Crippen MR) is 62.8 cm³/mol. The van der Waals surface area contributed by atoms with E-state index >= 15 is 0 Å². The Bertz CT molecular complexity index is 381. The van der Waals surface area contributed by atoms with Gasteiger partial charge in [-0.25, -0.2) is 4.39 Å². The number of halogens is 2. The molecule has 1 rings (SSSR count). The highest BCUT2D eigenvalue weighted by atomic mass is 127. The third-order valence-electron chi connectivity index (χ3n) is 1.63. The summed E-state index contributed by atoms with van der Waals surface area (Å²) in [6.07, 6.45) is 5.15. The Morgan fingerprint density at radius 3 is 2.67 bits per heavy atom. The SMILES string of the molecule is C#CC(I)OC(=O)Cc1ccc(F)cc1. The van der Waals surface area contributed by atoms with E-state index in [-0.39, 0.29) is 12.2 Å². The summed E-state index contributed by atoms with van der Waals surface area (Å²) in [6, 6.07) is 5.67. The predicted octanol–water partition coefficient (Wildman–Crippen LogP) is 2.31. The molecule has 1 aromatic rings. The molecule has 0 aliphatic rings. The van der Waals surface area contributed by atoms with Gasteiger partial charge in [-0.15, -0.1) is 6.42 Å². The number of terminal acetylenes is 1. The van der Waals surface area contributed by atoms with Gasteiger partial charge in [0.2, 0.25) is 4.11 Å². The lowest BCUT2D eigenvalue weighted by atomic mass is 10.1. The van der Waals surface area contributed by atoms with Gasteiger partial charge in [0.05, 0.1) is 6.42 Å². The van der Waals surface area contributed by atoms with Crippen molar-refractivity contribution >= 4 is 28.6 Å². The van der Waals surface area contributed by atoms with Crippen molar-refractivity contribution in [3.05, 3.63) is 35.6 Å². The van der Waals surface area contributed by atoms with Gasteiger partial charge in [0, 0.05) is 0 Å². The maximum absolute atomic E-state index is 12.5. The van der Waals surface area contributed by atoms with Crippen LogP contribution in [0.25, 0.3) is 0 Å². The zero-order chi connectivity index (χ0) is 11.3. The van der Waals surface area contributed by atoms with Crippen LogP contribution in [-0.2, 0) is 16.0 Å². The van der Waals surface area contributed by atoms with Gasteiger partial charge >= 0.3 is 5.97 Å². The number of rotatable bonds is 3. The van der Waals surface area contributed by atoms with Gasteiger partial charge in [0.15, 0.2) is 0 Å². The minimum absolute atomic E-state index is 0.0987. The van der Waals surface area contributed by atoms with Crippen molar-refractivity contribution in [1.29, 1.82) is 0 Å². The molecule has 78 valence electrons. The van der Waals surface area contributed by atoms with E-state index in [1.807, 2.05) is 22.6 Å². The van der Waals surface area contributed by atoms with Crippen molar-refractivity contribution in [2.45, 2.75) is 10.5 Å². The number of carbonyl (C=O) groups is 1. The third-order valence-corrected chi connectivity index (χ3v) is 2.24. The highest BCUT2D eigenvalue weighted by Gasteiger charge is 2.08. The topological polar surface area (TPSA) is 26.3 Å². The van der Waals surface area contributed by atoms with E-state index in [1.54, 1.807) is 0 Å². The first-order valence-electron chi connectivity index (χ1n) is 4.16. The molecule has 0 aliphatic heterocycles. The fraction of sp³-hybridized carbons (Fsp3) is 0.182. The molecule has 0 bridgehead atoms. The van der Waals surface area contributed by atoms with Crippen LogP contribution in [0.5, 0.6) is 0 Å². The van der Waals surface area contributed by atoms with Gasteiger partial charge in [0.25, 0.3) is 0 Å². The standard InChI is InChI=1S/C11H8FIO2/c1-2-10(13)15-11(14)7-8-3-5-9(12)6-4-8/h1,3-6,10H,7H2. The molecule has 2 nitrogen and oxygen atoms in total. The third kappa shape index (κ3) is 4.30. The van der Waals surface area contributed by atoms with Crippen LogP contribution in [0.2, 0.25) is 0 Å². The molecule has 0 saturated heterocycles. The summed E-state index contributed by atoms with van der Waals surface area (Å²) >= 11 is 1.83. The van der Waals surface area contributed by atoms with Gasteiger partial charge in [-0.1, -0.05) is 18.1 Å². The van der Waals surface area contributed by atoms with Gasteiger partial charge in [-0.05, 0) is 40.3 Å². The van der Waals surface area contributed by atoms with Gasteiger partial charge < -0.3 is 4.74 Å². The molecule has 0 aliphatic carbocycles. The first kappa shape index (κ1) is 12.0. The number of ether oxygens (including phenoxy) is 1. The highest BCUT2D eigenvalue weighted by Crippen LogP contribution is 2.07. The Hall–Kier alpha value is -1.09. The van der Waals surface area contributed by atoms with E-state index in [0.717, 1.165) is 0 Å². The van der Waals surface area contributed by atoms with E-state index < -0.39 is 10.1 Å². The second-order valence-corrected chi connectivity index (χ2v) is 3.91. The van der Waals surface area contributed by atoms with E-state index in [1.165, 1.54) is 24.3 Å². The van der Waals surface area contributed by atoms with Crippen LogP contribution in [0.3, 0.4) is 0 Å². The molecule has 0 amide bonds. The number of hydrogen-bond donors (Lipinski definition) is 0. The number of esters is 1. The number of hydrogen-bond acceptors (Lipinski definition) is 2. The molecular weight excluding hydrogens is 310 g/mol. The van der Waals surface area contributed by atoms with Crippen LogP contribution in [0.4, 0.5) is 4.39 Å². The van der Waals surface area contributed by atoms with Crippen molar-refractivity contribution in [3.63, 3.8) is 0 Å². The maximum Gasteiger partial charge on any atom is 0.312 e. The second kappa shape index (κ2) is 5.71. The summed E-state index contributed by atoms with van der Waals surface area (Å²) in [5, 5.41) is 0. The molecule has 0 aromatic heterocycles. The Kier molecular flexibility index (Phi) is 4.56. The van der Waals surface area contributed by atoms with Crippen molar-refractivity contribution in [1.82, 2.24) is 0 Å². The van der Waals surface area contributed by atoms with Crippen LogP contribution < -0.4 is 0 Å². The van der Waals surface area contributed by atoms with Crippen molar-refractivity contribution < 1.29 is 13.9 Å². The monoisotopic (exact) mass is 318 g/mol. The van der Waals surface area contributed by atoms with Crippen LogP contribution in [0, 0.1) is 18.2 Å². The van der Waals surface area contributed by atoms with E-state index in [2.05, 4.69) is 5.92 Å². The summed E-state index contributed by atoms with van der Waals surface area (Å²) < 4.78 is 16.8. The van der Waals surface area contributed by atoms with E-state index in [0.29, 0.717) is 5.56 Å². The summed E-state index contributed by atoms with van der Waals surface area (Å²) in [5.74, 6) is 1.53. The first-order chi connectivity index (χ1) is 7.11. The summed E-state index contributed by atoms with van der Waals surface area (Å²) in [4.78, 5) is 11.3. The molecule has 0 spiro atoms. The first-order valence-corrected chi connectivity index (χ1v) is 5.40. The van der Waals surface area contributed by atoms with Crippen LogP contribution in [0.15, 0.2) is 24.3 Å². The van der Waals surface area contributed by atoms with Gasteiger partial charge in [-0.2, -0.15) is 0 Å². The molecule has 15 heavy (non-hydrogen) atoms. The number of carbonyl (C=O) groups excluding carboxylic acids is 1. The molecule has 1 atom stereocenters. The number of benzene rings is 1. The minimum Gasteiger partial charge on any atom is -0.439 e. The smallest absolute Gasteiger partial charge is 0.312 e. The van der Waals surface area contributed by atoms with Crippen molar-refractivity contribution in [2.24, 2.45) is 0 Å². The lowest BCUT2D eigenvalue weighted by molar-refractivity contribution is -0.142. The minimum atomic E-state index is -0.560. The number of alkyl halides is 1. The average molecular weight is 318 g/mol. The van der Waals surface area contributed by atoms with Crippen LogP contribution >= 0.6 is 22.6 Å². The molecule has 1 aromatic carbocycles. The van der Waals surface area contributed by atoms with Crippen molar-refractivity contribution in [2.75, 3.05) is 0 Å². The van der Waals surface area contributed by atoms with Crippen molar-refractivity contribution in [3.8, 4) is 12.3 Å². The largest absolute Gasteiger partial charge is 0.439 e. The second-order valence-electron chi connectivity index (χ2n) is 2.78. The Labute approximate surface area is 101 Å². The summed E-state index contributed by atoms with van der Waals surface area (Å²) in [6.45, 7) is 0. The zero-order valence-corrected chi connectivity index (χ0v) is 9.90. The highest BCUT2D eigenvalue weighted by molar-refractivity contribution is 14.1. The van der Waals surface area contributed by atoms with Crippen LogP contribution in [0.1, 0.15) is 5.56 Å². The van der Waals surface area contributed by atoms with Gasteiger partial charge in [0.1, 0.15) is 5.82 Å². The Morgan fingerprint density at radius 1 is 1.53 bits per heavy atom. The molecule has 0 fully saturated rings. The van der Waals surface area contributed by atoms with Gasteiger partial charge in [-0.3, -0.25) is 4.79 Å². The average Bonchev–Trinajstić information content (AvgIpc) is 2.21. The zero-order valence-electron chi connectivity index (χ0n) is 7.74. The Balaban J connectivity index is 2.52. The molecule has 0 N–H and O–H groups in total. The molecular formula is C11H8FIO2. The van der Waals surface area contributed by atoms with E-state index in [9.17, 15) is 9.18 Å². The quantitative estimate of drug-likeness (QED) is 0.370. The fourth-order valence-corrected chi connectivity index (χ4v) is 1.24. The normalized spacial score (nSPS) is 11.5. The van der Waals surface area contributed by atoms with E-state index in [4.69, 9.17) is 11.2 Å². The molecule has 0 heterocycles. The summed E-state index contributed by atoms with van der Waals surface area (Å²) in [7, 11) is 0. The lowest BCUT2D eigenvalue weighted by Crippen LogP contribution is -2.12. The molecule has 0 saturated carbocycles. The molecule has 1 unspecified atom stereocenters. The summed E-state index contributed by atoms with van der Waals surface area (Å²) in [5.41, 5.74) is 0.696. The maximum atomic E-state index is 12.5. The Morgan fingerprint density at radius 2 is 2.13 bits per heavy atom. The molecule has 4 heteroatoms. The molecule has 0 radical (unpaired) electrons.